The van der Waals surface area contributed by atoms with Crippen LogP contribution in [0.3, 0.4) is 0 Å². The lowest BCUT2D eigenvalue weighted by Crippen LogP contribution is -2.27. The van der Waals surface area contributed by atoms with E-state index in [9.17, 15) is 9.59 Å². The largest absolute Gasteiger partial charge is 0.385 e. The number of amides is 1. The number of fused-ring (bicyclic) bond motifs is 1. The number of para-hydroxylation sites is 2. The van der Waals surface area contributed by atoms with Gasteiger partial charge in [0.25, 0.3) is 5.56 Å². The van der Waals surface area contributed by atoms with Gasteiger partial charge in [0, 0.05) is 31.5 Å². The van der Waals surface area contributed by atoms with Gasteiger partial charge in [-0.25, -0.2) is 4.98 Å². The lowest BCUT2D eigenvalue weighted by atomic mass is 10.0. The first-order chi connectivity index (χ1) is 16.6. The number of hydrogen-bond acceptors (Lipinski definition) is 5. The van der Waals surface area contributed by atoms with E-state index in [-0.39, 0.29) is 11.5 Å². The molecule has 4 aromatic rings. The molecule has 0 aliphatic heterocycles. The first-order valence-electron chi connectivity index (χ1n) is 11.2. The maximum absolute atomic E-state index is 13.2. The van der Waals surface area contributed by atoms with Crippen LogP contribution in [-0.4, -0.2) is 34.4 Å². The van der Waals surface area contributed by atoms with Crippen LogP contribution in [0, 0.1) is 0 Å². The summed E-state index contributed by atoms with van der Waals surface area (Å²) in [5.74, 6) is -0.153. The monoisotopic (exact) mass is 473 g/mol. The molecule has 7 heteroatoms. The Morgan fingerprint density at radius 3 is 2.53 bits per heavy atom. The van der Waals surface area contributed by atoms with Crippen molar-refractivity contribution < 1.29 is 9.53 Å². The molecule has 0 unspecified atom stereocenters. The van der Waals surface area contributed by atoms with Crippen molar-refractivity contribution in [2.45, 2.75) is 30.3 Å². The highest BCUT2D eigenvalue weighted by atomic mass is 32.2. The van der Waals surface area contributed by atoms with Crippen molar-refractivity contribution in [3.63, 3.8) is 0 Å². The summed E-state index contributed by atoms with van der Waals surface area (Å²) in [7, 11) is 1.64. The molecule has 174 valence electrons. The number of ether oxygens (including phenoxy) is 1. The van der Waals surface area contributed by atoms with Crippen LogP contribution in [0.2, 0.25) is 0 Å². The number of thioether (sulfide) groups is 1. The van der Waals surface area contributed by atoms with Crippen LogP contribution in [-0.2, 0) is 16.1 Å². The third-order valence-corrected chi connectivity index (χ3v) is 6.57. The fourth-order valence-corrected chi connectivity index (χ4v) is 4.64. The van der Waals surface area contributed by atoms with Gasteiger partial charge in [-0.1, -0.05) is 72.4 Å². The van der Waals surface area contributed by atoms with Gasteiger partial charge in [0.05, 0.1) is 16.2 Å². The Labute approximate surface area is 203 Å². The van der Waals surface area contributed by atoms with Crippen molar-refractivity contribution in [2.75, 3.05) is 19.0 Å². The second kappa shape index (κ2) is 11.1. The molecule has 0 saturated carbocycles. The highest BCUT2D eigenvalue weighted by Crippen LogP contribution is 2.29. The van der Waals surface area contributed by atoms with E-state index >= 15 is 0 Å². The van der Waals surface area contributed by atoms with Crippen LogP contribution in [0.5, 0.6) is 0 Å². The van der Waals surface area contributed by atoms with Gasteiger partial charge in [-0.3, -0.25) is 14.2 Å². The van der Waals surface area contributed by atoms with Gasteiger partial charge >= 0.3 is 0 Å². The van der Waals surface area contributed by atoms with E-state index in [1.807, 2.05) is 79.7 Å². The Kier molecular flexibility index (Phi) is 7.77. The summed E-state index contributed by atoms with van der Waals surface area (Å²) in [6.45, 7) is 2.83. The molecule has 6 nitrogen and oxygen atoms in total. The van der Waals surface area contributed by atoms with E-state index in [1.54, 1.807) is 17.7 Å². The highest BCUT2D eigenvalue weighted by Gasteiger charge is 2.20. The first-order valence-corrected chi connectivity index (χ1v) is 12.1. The molecule has 4 rings (SSSR count). The Morgan fingerprint density at radius 1 is 1.03 bits per heavy atom. The summed E-state index contributed by atoms with van der Waals surface area (Å²) in [5, 5.41) is 3.68. The van der Waals surface area contributed by atoms with Crippen LogP contribution in [0.15, 0.2) is 88.8 Å². The maximum Gasteiger partial charge on any atom is 0.262 e. The molecule has 34 heavy (non-hydrogen) atoms. The normalized spacial score (nSPS) is 11.9. The summed E-state index contributed by atoms with van der Waals surface area (Å²) in [4.78, 5) is 31.0. The molecule has 0 fully saturated rings. The van der Waals surface area contributed by atoms with Crippen molar-refractivity contribution in [1.29, 1.82) is 0 Å². The number of aromatic nitrogens is 2. The number of rotatable bonds is 9. The molecule has 1 N–H and O–H groups in total. The Bertz CT molecular complexity index is 1340. The zero-order chi connectivity index (χ0) is 23.9. The Morgan fingerprint density at radius 2 is 1.74 bits per heavy atom. The molecular formula is C27H27N3O3S. The van der Waals surface area contributed by atoms with E-state index in [2.05, 4.69) is 5.32 Å². The summed E-state index contributed by atoms with van der Waals surface area (Å²) in [6, 6.07) is 25.0. The fraction of sp³-hybridized carbons (Fsp3) is 0.222. The molecule has 0 saturated heterocycles. The predicted octanol–water partition coefficient (Wildman–Crippen LogP) is 5.22. The molecule has 0 radical (unpaired) electrons. The molecule has 0 aliphatic carbocycles. The van der Waals surface area contributed by atoms with Crippen LogP contribution in [0.25, 0.3) is 22.0 Å². The predicted molar refractivity (Wildman–Crippen MR) is 138 cm³/mol. The van der Waals surface area contributed by atoms with Gasteiger partial charge in [0.2, 0.25) is 5.91 Å². The van der Waals surface area contributed by atoms with Gasteiger partial charge in [0.1, 0.15) is 0 Å². The van der Waals surface area contributed by atoms with Gasteiger partial charge < -0.3 is 10.1 Å². The quantitative estimate of drug-likeness (QED) is 0.205. The number of anilines is 1. The maximum atomic E-state index is 13.2. The molecule has 1 aromatic heterocycles. The van der Waals surface area contributed by atoms with Crippen molar-refractivity contribution >= 4 is 34.3 Å². The minimum atomic E-state index is -0.467. The number of benzene rings is 3. The number of nitrogens with zero attached hydrogens (tertiary/aromatic N) is 2. The van der Waals surface area contributed by atoms with E-state index < -0.39 is 5.25 Å². The topological polar surface area (TPSA) is 73.2 Å². The zero-order valence-electron chi connectivity index (χ0n) is 19.2. The summed E-state index contributed by atoms with van der Waals surface area (Å²) in [5.41, 5.74) is 3.25. The Balaban J connectivity index is 1.59. The van der Waals surface area contributed by atoms with E-state index in [4.69, 9.17) is 9.72 Å². The molecular weight excluding hydrogens is 446 g/mol. The number of carbonyl (C=O) groups is 1. The van der Waals surface area contributed by atoms with E-state index in [0.717, 1.165) is 16.8 Å². The molecule has 0 spiro atoms. The van der Waals surface area contributed by atoms with Gasteiger partial charge in [-0.2, -0.15) is 0 Å². The number of methoxy groups -OCH3 is 1. The van der Waals surface area contributed by atoms with Crippen LogP contribution in [0.4, 0.5) is 5.69 Å². The molecule has 0 aliphatic rings. The highest BCUT2D eigenvalue weighted by molar-refractivity contribution is 8.00. The second-order valence-electron chi connectivity index (χ2n) is 7.88. The SMILES string of the molecule is COCCCn1c(S[C@@H](C)C(=O)Nc2ccccc2-c2ccccc2)nc2ccccc2c1=O. The molecule has 0 bridgehead atoms. The van der Waals surface area contributed by atoms with E-state index in [0.29, 0.717) is 35.6 Å². The zero-order valence-corrected chi connectivity index (χ0v) is 20.0. The molecule has 1 heterocycles. The molecule has 1 amide bonds. The van der Waals surface area contributed by atoms with Crippen LogP contribution < -0.4 is 10.9 Å². The smallest absolute Gasteiger partial charge is 0.262 e. The minimum absolute atomic E-state index is 0.105. The minimum Gasteiger partial charge on any atom is -0.385 e. The Hall–Kier alpha value is -3.42. The number of nitrogens with one attached hydrogen (secondary N) is 1. The average Bonchev–Trinajstić information content (AvgIpc) is 2.87. The van der Waals surface area contributed by atoms with Crippen LogP contribution >= 0.6 is 11.8 Å². The van der Waals surface area contributed by atoms with Crippen molar-refractivity contribution in [1.82, 2.24) is 9.55 Å². The third kappa shape index (κ3) is 5.38. The van der Waals surface area contributed by atoms with Gasteiger partial charge in [0.15, 0.2) is 5.16 Å². The lowest BCUT2D eigenvalue weighted by Gasteiger charge is -2.17. The fourth-order valence-electron chi connectivity index (χ4n) is 3.71. The van der Waals surface area contributed by atoms with Crippen LogP contribution in [0.1, 0.15) is 13.3 Å². The number of carbonyl (C=O) groups excluding carboxylic acids is 1. The first kappa shape index (κ1) is 23.7. The summed E-state index contributed by atoms with van der Waals surface area (Å²) < 4.78 is 6.80. The van der Waals surface area contributed by atoms with E-state index in [1.165, 1.54) is 11.8 Å². The second-order valence-corrected chi connectivity index (χ2v) is 9.18. The van der Waals surface area contributed by atoms with Crippen molar-refractivity contribution in [2.24, 2.45) is 0 Å². The van der Waals surface area contributed by atoms with Gasteiger partial charge in [-0.05, 0) is 37.1 Å². The van der Waals surface area contributed by atoms with Crippen molar-refractivity contribution in [3.05, 3.63) is 89.2 Å². The average molecular weight is 474 g/mol. The summed E-state index contributed by atoms with van der Waals surface area (Å²) >= 11 is 1.29. The lowest BCUT2D eigenvalue weighted by molar-refractivity contribution is -0.115. The third-order valence-electron chi connectivity index (χ3n) is 5.48. The van der Waals surface area contributed by atoms with Gasteiger partial charge in [-0.15, -0.1) is 0 Å². The number of hydrogen-bond donors (Lipinski definition) is 1. The van der Waals surface area contributed by atoms with Crippen molar-refractivity contribution in [3.8, 4) is 11.1 Å². The molecule has 1 atom stereocenters. The molecule has 3 aromatic carbocycles. The standard InChI is InChI=1S/C27H27N3O3S/c1-19(25(31)28-23-15-8-6-13-21(23)20-11-4-3-5-12-20)34-27-29-24-16-9-7-14-22(24)26(32)30(27)17-10-18-33-2/h3-9,11-16,19H,10,17-18H2,1-2H3,(H,28,31)/t19-/m0/s1. The summed E-state index contributed by atoms with van der Waals surface area (Å²) in [6.07, 6.45) is 0.676.